The predicted molar refractivity (Wildman–Crippen MR) is 18.7 cm³/mol. The predicted octanol–water partition coefficient (Wildman–Crippen LogP) is -0.870. The lowest BCUT2D eigenvalue weighted by Crippen LogP contribution is -1.80. The summed E-state index contributed by atoms with van der Waals surface area (Å²) >= 11 is 0. The van der Waals surface area contributed by atoms with Crippen LogP contribution in [-0.2, 0) is 4.79 Å². The first kappa shape index (κ1) is 4.14. The van der Waals surface area contributed by atoms with Crippen LogP contribution in [0.25, 0.3) is 0 Å². The molecule has 0 amide bonds. The van der Waals surface area contributed by atoms with Crippen molar-refractivity contribution in [2.24, 2.45) is 10.9 Å². The minimum absolute atomic E-state index is 0.514. The van der Waals surface area contributed by atoms with Crippen LogP contribution in [0.4, 0.5) is 0 Å². The van der Waals surface area contributed by atoms with Crippen molar-refractivity contribution >= 4 is 12.5 Å². The fraction of sp³-hybridized carbons (Fsp3) is 0. The third-order valence-corrected chi connectivity index (χ3v) is 0.147. The van der Waals surface area contributed by atoms with Crippen molar-refractivity contribution in [1.29, 1.82) is 0 Å². The zero-order chi connectivity index (χ0) is 4.12. The number of nitrogens with two attached hydrogens (primary N) is 1. The standard InChI is InChI=1S/C2H4N2O/c3-4-1-2-5/h1-2H,3H2/b4-1-. The van der Waals surface area contributed by atoms with E-state index >= 15 is 0 Å². The molecule has 0 saturated heterocycles. The van der Waals surface area contributed by atoms with E-state index in [1.165, 1.54) is 0 Å². The van der Waals surface area contributed by atoms with Gasteiger partial charge < -0.3 is 5.84 Å². The number of rotatable bonds is 1. The highest BCUT2D eigenvalue weighted by atomic mass is 16.1. The zero-order valence-electron chi connectivity index (χ0n) is 2.59. The average Bonchev–Trinajstić information content (AvgIpc) is 1.41. The number of hydrogen-bond donors (Lipinski definition) is 1. The minimum Gasteiger partial charge on any atom is -0.323 e. The lowest BCUT2D eigenvalue weighted by molar-refractivity contribution is -0.102. The average molecular weight is 72.1 g/mol. The van der Waals surface area contributed by atoms with Crippen molar-refractivity contribution in [3.05, 3.63) is 0 Å². The summed E-state index contributed by atoms with van der Waals surface area (Å²) in [6.07, 6.45) is 1.49. The molecule has 3 heteroatoms. The first-order valence-electron chi connectivity index (χ1n) is 1.09. The van der Waals surface area contributed by atoms with Crippen LogP contribution in [0, 0.1) is 0 Å². The normalized spacial score (nSPS) is 8.80. The molecule has 3 nitrogen and oxygen atoms in total. The molecule has 0 aliphatic carbocycles. The molecule has 0 aromatic heterocycles. The van der Waals surface area contributed by atoms with Crippen LogP contribution in [0.5, 0.6) is 0 Å². The molecular formula is C2H4N2O. The number of aldehydes is 1. The molecule has 0 saturated carbocycles. The Hall–Kier alpha value is -0.860. The molecule has 0 heterocycles. The van der Waals surface area contributed by atoms with Gasteiger partial charge in [0.2, 0.25) is 0 Å². The van der Waals surface area contributed by atoms with Gasteiger partial charge in [-0.25, -0.2) is 0 Å². The molecular weight excluding hydrogens is 68.0 g/mol. The van der Waals surface area contributed by atoms with E-state index in [9.17, 15) is 4.79 Å². The molecule has 0 unspecified atom stereocenters. The summed E-state index contributed by atoms with van der Waals surface area (Å²) < 4.78 is 0. The number of carbonyl (C=O) groups excluding carboxylic acids is 1. The van der Waals surface area contributed by atoms with E-state index in [1.807, 2.05) is 0 Å². The van der Waals surface area contributed by atoms with Gasteiger partial charge in [-0.2, -0.15) is 5.10 Å². The molecule has 0 bridgehead atoms. The Morgan fingerprint density at radius 2 is 2.40 bits per heavy atom. The second kappa shape index (κ2) is 3.14. The maximum absolute atomic E-state index is 9.18. The highest BCUT2D eigenvalue weighted by molar-refractivity contribution is 6.12. The Balaban J connectivity index is 2.92. The monoisotopic (exact) mass is 72.0 g/mol. The summed E-state index contributed by atoms with van der Waals surface area (Å²) in [5, 5.41) is 2.86. The number of carbonyl (C=O) groups is 1. The van der Waals surface area contributed by atoms with Gasteiger partial charge in [0.05, 0.1) is 6.21 Å². The molecule has 0 spiro atoms. The van der Waals surface area contributed by atoms with Crippen molar-refractivity contribution in [2.45, 2.75) is 0 Å². The highest BCUT2D eigenvalue weighted by Crippen LogP contribution is 1.29. The van der Waals surface area contributed by atoms with E-state index in [4.69, 9.17) is 0 Å². The third kappa shape index (κ3) is 3.14. The SMILES string of the molecule is N/N=C\C=O. The quantitative estimate of drug-likeness (QED) is 0.189. The summed E-state index contributed by atoms with van der Waals surface area (Å²) in [6, 6.07) is 0. The van der Waals surface area contributed by atoms with Crippen molar-refractivity contribution in [3.63, 3.8) is 0 Å². The number of nitrogens with zero attached hydrogens (tertiary/aromatic N) is 1. The van der Waals surface area contributed by atoms with Gasteiger partial charge in [0.1, 0.15) is 0 Å². The van der Waals surface area contributed by atoms with Crippen LogP contribution in [0.3, 0.4) is 0 Å². The van der Waals surface area contributed by atoms with Gasteiger partial charge in [0.25, 0.3) is 0 Å². The maximum atomic E-state index is 9.18. The smallest absolute Gasteiger partial charge is 0.162 e. The van der Waals surface area contributed by atoms with E-state index in [-0.39, 0.29) is 0 Å². The van der Waals surface area contributed by atoms with Crippen LogP contribution in [0.1, 0.15) is 0 Å². The van der Waals surface area contributed by atoms with E-state index in [2.05, 4.69) is 10.9 Å². The van der Waals surface area contributed by atoms with Gasteiger partial charge in [-0.3, -0.25) is 4.79 Å². The second-order valence-electron chi connectivity index (χ2n) is 0.434. The van der Waals surface area contributed by atoms with Crippen LogP contribution in [0.2, 0.25) is 0 Å². The topological polar surface area (TPSA) is 55.4 Å². The van der Waals surface area contributed by atoms with Gasteiger partial charge in [-0.1, -0.05) is 0 Å². The lowest BCUT2D eigenvalue weighted by Gasteiger charge is -1.56. The summed E-state index contributed by atoms with van der Waals surface area (Å²) in [4.78, 5) is 9.18. The lowest BCUT2D eigenvalue weighted by atomic mass is 10.9. The first-order chi connectivity index (χ1) is 2.41. The minimum atomic E-state index is 0.514. The zero-order valence-corrected chi connectivity index (χ0v) is 2.59. The number of hydrogen-bond acceptors (Lipinski definition) is 3. The van der Waals surface area contributed by atoms with Crippen molar-refractivity contribution < 1.29 is 4.79 Å². The van der Waals surface area contributed by atoms with Crippen molar-refractivity contribution in [3.8, 4) is 0 Å². The third-order valence-electron chi connectivity index (χ3n) is 0.147. The summed E-state index contributed by atoms with van der Waals surface area (Å²) in [5.41, 5.74) is 0. The molecule has 28 valence electrons. The largest absolute Gasteiger partial charge is 0.323 e. The summed E-state index contributed by atoms with van der Waals surface area (Å²) in [5.74, 6) is 4.48. The Labute approximate surface area is 29.5 Å². The molecule has 0 atom stereocenters. The number of hydrazone groups is 1. The summed E-state index contributed by atoms with van der Waals surface area (Å²) in [6.45, 7) is 0. The Morgan fingerprint density at radius 1 is 1.80 bits per heavy atom. The van der Waals surface area contributed by atoms with Gasteiger partial charge in [0, 0.05) is 0 Å². The van der Waals surface area contributed by atoms with E-state index in [0.29, 0.717) is 6.29 Å². The summed E-state index contributed by atoms with van der Waals surface area (Å²) in [7, 11) is 0. The molecule has 0 radical (unpaired) electrons. The molecule has 0 rings (SSSR count). The van der Waals surface area contributed by atoms with Gasteiger partial charge in [-0.15, -0.1) is 0 Å². The highest BCUT2D eigenvalue weighted by Gasteiger charge is 1.49. The van der Waals surface area contributed by atoms with Crippen LogP contribution in [-0.4, -0.2) is 12.5 Å². The van der Waals surface area contributed by atoms with Crippen molar-refractivity contribution in [1.82, 2.24) is 0 Å². The fourth-order valence-corrected chi connectivity index (χ4v) is 0.0351. The molecule has 2 N–H and O–H groups in total. The fourth-order valence-electron chi connectivity index (χ4n) is 0.0351. The van der Waals surface area contributed by atoms with E-state index in [0.717, 1.165) is 6.21 Å². The van der Waals surface area contributed by atoms with E-state index in [1.54, 1.807) is 0 Å². The molecule has 0 fully saturated rings. The Morgan fingerprint density at radius 3 is 2.40 bits per heavy atom. The van der Waals surface area contributed by atoms with Crippen LogP contribution >= 0.6 is 0 Å². The first-order valence-corrected chi connectivity index (χ1v) is 1.09. The molecule has 0 aliphatic heterocycles. The van der Waals surface area contributed by atoms with E-state index < -0.39 is 0 Å². The molecule has 5 heavy (non-hydrogen) atoms. The maximum Gasteiger partial charge on any atom is 0.162 e. The van der Waals surface area contributed by atoms with Gasteiger partial charge in [-0.05, 0) is 0 Å². The van der Waals surface area contributed by atoms with Crippen LogP contribution < -0.4 is 5.84 Å². The van der Waals surface area contributed by atoms with Gasteiger partial charge in [0.15, 0.2) is 6.29 Å². The van der Waals surface area contributed by atoms with Gasteiger partial charge >= 0.3 is 0 Å². The Bertz CT molecular complexity index is 49.6. The second-order valence-corrected chi connectivity index (χ2v) is 0.434. The van der Waals surface area contributed by atoms with Crippen LogP contribution in [0.15, 0.2) is 5.10 Å². The molecule has 0 aliphatic rings. The van der Waals surface area contributed by atoms with Crippen molar-refractivity contribution in [2.75, 3.05) is 0 Å². The molecule has 0 aromatic rings. The molecule has 0 aromatic carbocycles. The Kier molecular flexibility index (Phi) is 2.60.